The molecule has 0 fully saturated rings. The summed E-state index contributed by atoms with van der Waals surface area (Å²) in [4.78, 5) is 34.4. The monoisotopic (exact) mass is 390 g/mol. The van der Waals surface area contributed by atoms with E-state index < -0.39 is 24.0 Å². The zero-order valence-electron chi connectivity index (χ0n) is 13.9. The van der Waals surface area contributed by atoms with Gasteiger partial charge in [-0.1, -0.05) is 37.0 Å². The first-order valence-electron chi connectivity index (χ1n) is 7.58. The number of nitrogens with one attached hydrogen (secondary N) is 1. The first kappa shape index (κ1) is 21.1. The lowest BCUT2D eigenvalue weighted by Crippen LogP contribution is -2.45. The van der Waals surface area contributed by atoms with Gasteiger partial charge in [-0.05, 0) is 30.5 Å². The molecule has 0 bridgehead atoms. The molecule has 0 aliphatic heterocycles. The van der Waals surface area contributed by atoms with Gasteiger partial charge in [0.05, 0.1) is 11.6 Å². The van der Waals surface area contributed by atoms with Crippen LogP contribution in [0.4, 0.5) is 4.79 Å². The van der Waals surface area contributed by atoms with Crippen molar-refractivity contribution in [2.45, 2.75) is 32.8 Å². The van der Waals surface area contributed by atoms with Crippen LogP contribution in [-0.4, -0.2) is 30.6 Å². The molecule has 0 spiro atoms. The van der Waals surface area contributed by atoms with E-state index in [2.05, 4.69) is 0 Å². The Labute approximate surface area is 155 Å². The van der Waals surface area contributed by atoms with E-state index in [1.54, 1.807) is 32.0 Å². The second kappa shape index (κ2) is 10.1. The van der Waals surface area contributed by atoms with Gasteiger partial charge in [0.2, 0.25) is 0 Å². The smallest absolute Gasteiger partial charge is 0.318 e. The molecule has 0 unspecified atom stereocenters. The van der Waals surface area contributed by atoms with Crippen LogP contribution in [0.2, 0.25) is 10.0 Å². The Hall–Kier alpha value is -1.99. The van der Waals surface area contributed by atoms with Gasteiger partial charge >= 0.3 is 12.0 Å². The molecule has 0 aliphatic carbocycles. The van der Waals surface area contributed by atoms with E-state index in [-0.39, 0.29) is 18.9 Å². The molecule has 3 amide bonds. The largest absolute Gasteiger partial charge is 0.492 e. The van der Waals surface area contributed by atoms with E-state index in [4.69, 9.17) is 38.4 Å². The van der Waals surface area contributed by atoms with Crippen molar-refractivity contribution in [3.63, 3.8) is 0 Å². The van der Waals surface area contributed by atoms with Crippen LogP contribution < -0.4 is 15.8 Å². The van der Waals surface area contributed by atoms with Crippen molar-refractivity contribution < 1.29 is 23.9 Å². The molecule has 25 heavy (non-hydrogen) atoms. The van der Waals surface area contributed by atoms with Crippen molar-refractivity contribution in [1.82, 2.24) is 5.32 Å². The molecule has 1 aromatic carbocycles. The molecule has 1 rings (SSSR count). The summed E-state index contributed by atoms with van der Waals surface area (Å²) in [5, 5.41) is 2.77. The Morgan fingerprint density at radius 2 is 1.92 bits per heavy atom. The molecule has 0 aromatic heterocycles. The highest BCUT2D eigenvalue weighted by Gasteiger charge is 2.27. The number of carbonyl (C=O) groups is 3. The zero-order valence-corrected chi connectivity index (χ0v) is 15.4. The minimum atomic E-state index is -1.09. The number of hydrogen-bond donors (Lipinski definition) is 2. The van der Waals surface area contributed by atoms with Gasteiger partial charge in [0.25, 0.3) is 5.91 Å². The topological polar surface area (TPSA) is 108 Å². The average Bonchev–Trinajstić information content (AvgIpc) is 2.49. The molecule has 1 atom stereocenters. The first-order valence-corrected chi connectivity index (χ1v) is 8.34. The molecule has 0 radical (unpaired) electrons. The van der Waals surface area contributed by atoms with Crippen molar-refractivity contribution >= 4 is 41.1 Å². The van der Waals surface area contributed by atoms with Crippen molar-refractivity contribution in [1.29, 1.82) is 0 Å². The lowest BCUT2D eigenvalue weighted by Gasteiger charge is -2.19. The highest BCUT2D eigenvalue weighted by atomic mass is 35.5. The zero-order chi connectivity index (χ0) is 19.0. The van der Waals surface area contributed by atoms with E-state index in [0.717, 1.165) is 0 Å². The molecule has 7 nitrogen and oxygen atoms in total. The number of imide groups is 1. The van der Waals surface area contributed by atoms with E-state index in [9.17, 15) is 14.4 Å². The SMILES string of the molecule is CC(C)[C@H](OC(=O)CCCOc1ccc(Cl)cc1Cl)C(=O)NC(N)=O. The maximum absolute atomic E-state index is 11.9. The molecule has 0 saturated carbocycles. The number of rotatable bonds is 8. The van der Waals surface area contributed by atoms with E-state index >= 15 is 0 Å². The fraction of sp³-hybridized carbons (Fsp3) is 0.438. The fourth-order valence-electron chi connectivity index (χ4n) is 1.88. The number of ether oxygens (including phenoxy) is 2. The third-order valence-corrected chi connectivity index (χ3v) is 3.58. The van der Waals surface area contributed by atoms with Gasteiger partial charge in [-0.2, -0.15) is 0 Å². The Bertz CT molecular complexity index is 637. The van der Waals surface area contributed by atoms with Crippen molar-refractivity contribution in [3.8, 4) is 5.75 Å². The molecular formula is C16H20Cl2N2O5. The Balaban J connectivity index is 2.42. The molecule has 0 saturated heterocycles. The summed E-state index contributed by atoms with van der Waals surface area (Å²) >= 11 is 11.8. The van der Waals surface area contributed by atoms with Crippen molar-refractivity contribution in [3.05, 3.63) is 28.2 Å². The number of urea groups is 1. The second-order valence-electron chi connectivity index (χ2n) is 5.53. The van der Waals surface area contributed by atoms with Crippen LogP contribution in [0.1, 0.15) is 26.7 Å². The number of primary amides is 1. The fourth-order valence-corrected chi connectivity index (χ4v) is 2.34. The second-order valence-corrected chi connectivity index (χ2v) is 6.38. The van der Waals surface area contributed by atoms with Crippen molar-refractivity contribution in [2.24, 2.45) is 11.7 Å². The third kappa shape index (κ3) is 7.62. The quantitative estimate of drug-likeness (QED) is 0.523. The first-order chi connectivity index (χ1) is 11.7. The number of hydrogen-bond acceptors (Lipinski definition) is 5. The number of esters is 1. The summed E-state index contributed by atoms with van der Waals surface area (Å²) in [6.07, 6.45) is -0.690. The minimum absolute atomic E-state index is 0.0400. The highest BCUT2D eigenvalue weighted by molar-refractivity contribution is 6.35. The number of nitrogens with two attached hydrogens (primary N) is 1. The molecule has 0 aliphatic rings. The molecule has 0 heterocycles. The van der Waals surface area contributed by atoms with Gasteiger partial charge < -0.3 is 15.2 Å². The minimum Gasteiger partial charge on any atom is -0.492 e. The van der Waals surface area contributed by atoms with E-state index in [0.29, 0.717) is 22.2 Å². The standard InChI is InChI=1S/C16H20Cl2N2O5/c1-9(2)14(15(22)20-16(19)23)25-13(21)4-3-7-24-12-6-5-10(17)8-11(12)18/h5-6,8-9,14H,3-4,7H2,1-2H3,(H3,19,20,22,23)/t14-/m0/s1. The summed E-state index contributed by atoms with van der Waals surface area (Å²) < 4.78 is 10.6. The molecule has 1 aromatic rings. The van der Waals surface area contributed by atoms with Gasteiger partial charge in [-0.15, -0.1) is 0 Å². The van der Waals surface area contributed by atoms with Crippen molar-refractivity contribution in [2.75, 3.05) is 6.61 Å². The lowest BCUT2D eigenvalue weighted by molar-refractivity contribution is -0.158. The summed E-state index contributed by atoms with van der Waals surface area (Å²) in [6, 6.07) is 3.82. The molecule has 9 heteroatoms. The normalized spacial score (nSPS) is 11.7. The van der Waals surface area contributed by atoms with Crippen LogP contribution in [0.15, 0.2) is 18.2 Å². The number of amides is 3. The van der Waals surface area contributed by atoms with Crippen LogP contribution in [0.3, 0.4) is 0 Å². The predicted molar refractivity (Wildman–Crippen MR) is 93.6 cm³/mol. The summed E-state index contributed by atoms with van der Waals surface area (Å²) in [5.41, 5.74) is 4.89. The number of carbonyl (C=O) groups excluding carboxylic acids is 3. The van der Waals surface area contributed by atoms with E-state index in [1.807, 2.05) is 5.32 Å². The highest BCUT2D eigenvalue weighted by Crippen LogP contribution is 2.27. The average molecular weight is 391 g/mol. The predicted octanol–water partition coefficient (Wildman–Crippen LogP) is 2.92. The Kier molecular flexibility index (Phi) is 8.51. The van der Waals surface area contributed by atoms with E-state index in [1.165, 1.54) is 0 Å². The summed E-state index contributed by atoms with van der Waals surface area (Å²) in [7, 11) is 0. The van der Waals surface area contributed by atoms with Gasteiger partial charge in [0.1, 0.15) is 5.75 Å². The Morgan fingerprint density at radius 1 is 1.24 bits per heavy atom. The van der Waals surface area contributed by atoms with Gasteiger partial charge in [0.15, 0.2) is 6.10 Å². The lowest BCUT2D eigenvalue weighted by atomic mass is 10.1. The number of halogens is 2. The maximum atomic E-state index is 11.9. The van der Waals surface area contributed by atoms with Crippen LogP contribution in [0, 0.1) is 5.92 Å². The summed E-state index contributed by atoms with van der Waals surface area (Å²) in [6.45, 7) is 3.60. The Morgan fingerprint density at radius 3 is 2.48 bits per heavy atom. The maximum Gasteiger partial charge on any atom is 0.318 e. The molecule has 138 valence electrons. The molecular weight excluding hydrogens is 371 g/mol. The number of benzene rings is 1. The molecule has 3 N–H and O–H groups in total. The summed E-state index contributed by atoms with van der Waals surface area (Å²) in [5.74, 6) is -1.18. The third-order valence-electron chi connectivity index (χ3n) is 3.05. The van der Waals surface area contributed by atoms with Gasteiger partial charge in [-0.25, -0.2) is 4.79 Å². The van der Waals surface area contributed by atoms with Crippen LogP contribution in [0.5, 0.6) is 5.75 Å². The van der Waals surface area contributed by atoms with Gasteiger partial charge in [-0.3, -0.25) is 14.9 Å². The van der Waals surface area contributed by atoms with Crippen LogP contribution >= 0.6 is 23.2 Å². The van der Waals surface area contributed by atoms with Gasteiger partial charge in [0, 0.05) is 11.4 Å². The van der Waals surface area contributed by atoms with Crippen LogP contribution in [0.25, 0.3) is 0 Å². The van der Waals surface area contributed by atoms with Crippen LogP contribution in [-0.2, 0) is 14.3 Å².